The van der Waals surface area contributed by atoms with E-state index in [0.29, 0.717) is 76.7 Å². The number of aliphatic imine (C=N–C) groups is 1. The highest BCUT2D eigenvalue weighted by atomic mass is 16.3. The van der Waals surface area contributed by atoms with E-state index in [1.807, 2.05) is 0 Å². The van der Waals surface area contributed by atoms with Crippen molar-refractivity contribution in [1.29, 1.82) is 5.41 Å². The Hall–Kier alpha value is -6.92. The van der Waals surface area contributed by atoms with E-state index in [1.165, 1.54) is 23.5 Å². The minimum atomic E-state index is -1.36. The molecule has 78 heavy (non-hydrogen) atoms. The van der Waals surface area contributed by atoms with Crippen LogP contribution in [0.4, 0.5) is 0 Å². The predicted octanol–water partition coefficient (Wildman–Crippen LogP) is -4.80. The third-order valence-corrected chi connectivity index (χ3v) is 12.3. The highest BCUT2D eigenvalue weighted by molar-refractivity contribution is 6.40. The van der Waals surface area contributed by atoms with E-state index < -0.39 is 96.0 Å². The molecule has 1 aliphatic heterocycles. The number of likely N-dealkylation sites (tertiary alicyclic amines) is 1. The minimum absolute atomic E-state index is 0.0432. The molecule has 29 nitrogen and oxygen atoms in total. The van der Waals surface area contributed by atoms with Gasteiger partial charge in [0.1, 0.15) is 41.6 Å². The van der Waals surface area contributed by atoms with Gasteiger partial charge in [-0.25, -0.2) is 9.98 Å². The van der Waals surface area contributed by atoms with Crippen molar-refractivity contribution in [3.63, 3.8) is 0 Å². The number of carbonyl (C=O) groups excluding carboxylic acids is 9. The Morgan fingerprint density at radius 2 is 1.42 bits per heavy atom. The molecule has 0 bridgehead atoms. The summed E-state index contributed by atoms with van der Waals surface area (Å²) < 4.78 is 0. The molecule has 1 aromatic heterocycles. The Morgan fingerprint density at radius 3 is 2.04 bits per heavy atom. The van der Waals surface area contributed by atoms with Crippen molar-refractivity contribution in [3.05, 3.63) is 30.0 Å². The third-order valence-electron chi connectivity index (χ3n) is 12.3. The van der Waals surface area contributed by atoms with Gasteiger partial charge < -0.3 is 91.9 Å². The second-order valence-electron chi connectivity index (χ2n) is 18.7. The molecule has 1 aromatic rings. The van der Waals surface area contributed by atoms with E-state index in [4.69, 9.17) is 39.8 Å². The zero-order valence-corrected chi connectivity index (χ0v) is 45.0. The number of rotatable bonds is 39. The SMILES string of the molecule is CCC[C@H](NC(=O)C[C@@H](O)CN)C(=O)NCC(=O)/N=C(\CCCN)C(=O)N1CCC[C@H]1C(=O)N[C@@H](Cc1cnc[nH]1)C(=O)N[C@@H](CCCCN)C(=O)N/C(=C\CCNC(=N)N)C(=O)N[C@@H](CCCCN)C(=O)NCCCCN. The fraction of sp³-hybridized carbons (Fsp3) is 0.673. The molecule has 29 heteroatoms. The summed E-state index contributed by atoms with van der Waals surface area (Å²) in [5.41, 5.74) is 33.7. The zero-order chi connectivity index (χ0) is 57.8. The topological polar surface area (TPSA) is 494 Å². The van der Waals surface area contributed by atoms with Crippen LogP contribution in [0.1, 0.15) is 115 Å². The molecular formula is C49H87N19O10. The summed E-state index contributed by atoms with van der Waals surface area (Å²) in [5.74, 6) is -6.84. The summed E-state index contributed by atoms with van der Waals surface area (Å²) in [4.78, 5) is 135. The van der Waals surface area contributed by atoms with E-state index in [0.717, 1.165) is 0 Å². The van der Waals surface area contributed by atoms with Crippen molar-refractivity contribution in [2.75, 3.05) is 58.9 Å². The number of carbonyl (C=O) groups is 9. The maximum Gasteiger partial charge on any atom is 0.269 e. The van der Waals surface area contributed by atoms with E-state index in [1.54, 1.807) is 6.92 Å². The number of amides is 9. The Balaban J connectivity index is 2.41. The first-order valence-electron chi connectivity index (χ1n) is 26.8. The second kappa shape index (κ2) is 38.6. The van der Waals surface area contributed by atoms with Crippen LogP contribution in [0.15, 0.2) is 29.3 Å². The van der Waals surface area contributed by atoms with Crippen LogP contribution < -0.4 is 76.9 Å². The van der Waals surface area contributed by atoms with Crippen molar-refractivity contribution in [3.8, 4) is 0 Å². The van der Waals surface area contributed by atoms with Crippen LogP contribution >= 0.6 is 0 Å². The third kappa shape index (κ3) is 25.9. The Morgan fingerprint density at radius 1 is 0.782 bits per heavy atom. The van der Waals surface area contributed by atoms with Crippen LogP contribution in [0.3, 0.4) is 0 Å². The van der Waals surface area contributed by atoms with Gasteiger partial charge in [-0.15, -0.1) is 0 Å². The Kier molecular flexibility index (Phi) is 33.3. The van der Waals surface area contributed by atoms with E-state index in [9.17, 15) is 48.3 Å². The number of aromatic amines is 1. The summed E-state index contributed by atoms with van der Waals surface area (Å²) in [7, 11) is 0. The van der Waals surface area contributed by atoms with Gasteiger partial charge in [-0.3, -0.25) is 48.6 Å². The first kappa shape index (κ1) is 67.2. The smallest absolute Gasteiger partial charge is 0.269 e. The minimum Gasteiger partial charge on any atom is -0.391 e. The van der Waals surface area contributed by atoms with Crippen molar-refractivity contribution in [1.82, 2.24) is 57.4 Å². The van der Waals surface area contributed by atoms with Crippen LogP contribution in [0.2, 0.25) is 0 Å². The van der Waals surface area contributed by atoms with E-state index in [2.05, 4.69) is 57.5 Å². The molecule has 1 fully saturated rings. The lowest BCUT2D eigenvalue weighted by Crippen LogP contribution is -2.57. The molecule has 1 aliphatic rings. The lowest BCUT2D eigenvalue weighted by molar-refractivity contribution is -0.136. The summed E-state index contributed by atoms with van der Waals surface area (Å²) in [6, 6.07) is -5.83. The molecule has 6 atom stereocenters. The van der Waals surface area contributed by atoms with Crippen molar-refractivity contribution >= 4 is 64.8 Å². The molecule has 0 unspecified atom stereocenters. The number of nitrogens with two attached hydrogens (primary N) is 6. The quantitative estimate of drug-likeness (QED) is 0.0127. The number of nitrogens with zero attached hydrogens (tertiary/aromatic N) is 3. The molecule has 0 radical (unpaired) electrons. The number of hydrogen-bond donors (Lipinski definition) is 17. The second-order valence-corrected chi connectivity index (χ2v) is 18.7. The van der Waals surface area contributed by atoms with E-state index >= 15 is 0 Å². The maximum absolute atomic E-state index is 14.4. The molecule has 23 N–H and O–H groups in total. The number of H-pyrrole nitrogens is 1. The summed E-state index contributed by atoms with van der Waals surface area (Å²) in [5, 5.41) is 38.5. The monoisotopic (exact) mass is 1100 g/mol. The number of aliphatic hydroxyl groups excluding tert-OH is 1. The van der Waals surface area contributed by atoms with Crippen LogP contribution in [0.5, 0.6) is 0 Å². The molecule has 2 heterocycles. The molecule has 0 aliphatic carbocycles. The van der Waals surface area contributed by atoms with Crippen LogP contribution in [0.25, 0.3) is 0 Å². The van der Waals surface area contributed by atoms with Gasteiger partial charge in [-0.2, -0.15) is 0 Å². The van der Waals surface area contributed by atoms with Gasteiger partial charge in [0.05, 0.1) is 25.4 Å². The average molecular weight is 1100 g/mol. The maximum atomic E-state index is 14.4. The molecule has 0 spiro atoms. The number of guanidine groups is 1. The standard InChI is InChI=1S/C49H87N19O10/c1-2-12-33(62-40(70)26-32(69)27-54)43(73)60-29-41(71)63-37(15-9-21-53)48(78)68-24-11-17-39(68)47(77)67-38(25-31-28-57-30-61-31)46(76)66-35(14-4-6-19-51)44(74)65-36(16-10-23-59-49(55)56)45(75)64-34(13-3-5-18-50)42(72)58-22-8-7-20-52/h16,28,30,32-35,38-39,69H,2-15,17-27,29,50-54H2,1H3,(H,57,61)(H,58,72)(H,60,73)(H,62,70)(H,64,75)(H,65,74)(H,66,76)(H,67,77)(H4,55,56,59)/b36-16-,63-37+/t32-,33+,34+,35+,38+,39+/m1/s1. The highest BCUT2D eigenvalue weighted by Crippen LogP contribution is 2.20. The molecule has 0 saturated carbocycles. The normalized spacial score (nSPS) is 15.4. The van der Waals surface area contributed by atoms with Crippen LogP contribution in [0, 0.1) is 5.41 Å². The van der Waals surface area contributed by atoms with Gasteiger partial charge in [0, 0.05) is 44.5 Å². The number of aliphatic hydroxyl groups is 1. The molecule has 438 valence electrons. The van der Waals surface area contributed by atoms with Gasteiger partial charge in [-0.05, 0) is 116 Å². The van der Waals surface area contributed by atoms with Crippen LogP contribution in [-0.4, -0.2) is 180 Å². The van der Waals surface area contributed by atoms with E-state index in [-0.39, 0.29) is 108 Å². The van der Waals surface area contributed by atoms with Gasteiger partial charge in [0.15, 0.2) is 5.96 Å². The number of aromatic nitrogens is 2. The molecule has 1 saturated heterocycles. The summed E-state index contributed by atoms with van der Waals surface area (Å²) >= 11 is 0. The van der Waals surface area contributed by atoms with Crippen molar-refractivity contribution in [2.24, 2.45) is 39.4 Å². The van der Waals surface area contributed by atoms with Gasteiger partial charge in [-0.1, -0.05) is 19.4 Å². The summed E-state index contributed by atoms with van der Waals surface area (Å²) in [6.45, 7) is 2.71. The zero-order valence-electron chi connectivity index (χ0n) is 45.0. The van der Waals surface area contributed by atoms with Crippen molar-refractivity contribution < 1.29 is 48.3 Å². The number of nitrogens with one attached hydrogen (secondary N) is 10. The van der Waals surface area contributed by atoms with Gasteiger partial charge in [0.2, 0.25) is 35.4 Å². The summed E-state index contributed by atoms with van der Waals surface area (Å²) in [6.07, 6.45) is 7.66. The highest BCUT2D eigenvalue weighted by Gasteiger charge is 2.38. The predicted molar refractivity (Wildman–Crippen MR) is 291 cm³/mol. The van der Waals surface area contributed by atoms with Crippen LogP contribution in [-0.2, 0) is 49.6 Å². The number of unbranched alkanes of at least 4 members (excludes halogenated alkanes) is 3. The number of hydrogen-bond acceptors (Lipinski definition) is 17. The van der Waals surface area contributed by atoms with Gasteiger partial charge >= 0.3 is 0 Å². The Bertz CT molecular complexity index is 2140. The molecular weight excluding hydrogens is 1010 g/mol. The number of imidazole rings is 1. The lowest BCUT2D eigenvalue weighted by atomic mass is 10.1. The van der Waals surface area contributed by atoms with Gasteiger partial charge in [0.25, 0.3) is 17.7 Å². The fourth-order valence-electron chi connectivity index (χ4n) is 8.09. The fourth-order valence-corrected chi connectivity index (χ4v) is 8.09. The molecule has 2 rings (SSSR count). The molecule has 0 aromatic carbocycles. The average Bonchev–Trinajstić information content (AvgIpc) is 4.16. The molecule has 9 amide bonds. The first-order chi connectivity index (χ1) is 37.4. The first-order valence-corrected chi connectivity index (χ1v) is 26.8. The van der Waals surface area contributed by atoms with Crippen molar-refractivity contribution in [2.45, 2.75) is 152 Å². The Labute approximate surface area is 455 Å². The largest absolute Gasteiger partial charge is 0.391 e. The lowest BCUT2D eigenvalue weighted by Gasteiger charge is -2.28.